The Hall–Kier alpha value is -3.08. The molecule has 28 heavy (non-hydrogen) atoms. The molecule has 1 aliphatic rings. The molecule has 0 bridgehead atoms. The lowest BCUT2D eigenvalue weighted by Gasteiger charge is -2.35. The van der Waals surface area contributed by atoms with Crippen molar-refractivity contribution in [2.45, 2.75) is 31.7 Å². The van der Waals surface area contributed by atoms with E-state index in [2.05, 4.69) is 35.0 Å². The zero-order chi connectivity index (χ0) is 19.7. The molecule has 1 aromatic heterocycles. The number of nitrogens with zero attached hydrogens (tertiary/aromatic N) is 2. The summed E-state index contributed by atoms with van der Waals surface area (Å²) in [6.45, 7) is 0.684. The topological polar surface area (TPSA) is 68.3 Å². The first-order valence-electron chi connectivity index (χ1n) is 9.78. The zero-order valence-electron chi connectivity index (χ0n) is 16.1. The van der Waals surface area contributed by atoms with Gasteiger partial charge in [0.25, 0.3) is 5.91 Å². The van der Waals surface area contributed by atoms with E-state index in [0.29, 0.717) is 12.1 Å². The highest BCUT2D eigenvalue weighted by Crippen LogP contribution is 2.27. The van der Waals surface area contributed by atoms with Crippen LogP contribution in [0, 0.1) is 0 Å². The van der Waals surface area contributed by atoms with E-state index in [9.17, 15) is 9.59 Å². The second-order valence-corrected chi connectivity index (χ2v) is 7.60. The number of rotatable bonds is 4. The molecule has 4 rings (SSSR count). The second kappa shape index (κ2) is 7.50. The van der Waals surface area contributed by atoms with E-state index in [0.717, 1.165) is 30.4 Å². The number of amides is 2. The molecule has 2 aromatic carbocycles. The number of carbonyl (C=O) groups excluding carboxylic acids is 2. The highest BCUT2D eigenvalue weighted by molar-refractivity contribution is 5.95. The van der Waals surface area contributed by atoms with Gasteiger partial charge in [-0.15, -0.1) is 0 Å². The first-order valence-corrected chi connectivity index (χ1v) is 9.78. The minimum Gasteiger partial charge on any atom is -0.370 e. The molecule has 1 aliphatic heterocycles. The predicted octanol–water partition coefficient (Wildman–Crippen LogP) is 3.72. The van der Waals surface area contributed by atoms with Crippen molar-refractivity contribution in [3.05, 3.63) is 60.3 Å². The molecule has 1 atom stereocenters. The summed E-state index contributed by atoms with van der Waals surface area (Å²) < 4.78 is 2.10. The van der Waals surface area contributed by atoms with E-state index in [4.69, 9.17) is 5.73 Å². The first kappa shape index (κ1) is 18.3. The van der Waals surface area contributed by atoms with Gasteiger partial charge in [-0.3, -0.25) is 9.59 Å². The average molecular weight is 375 g/mol. The molecular weight excluding hydrogens is 350 g/mol. The van der Waals surface area contributed by atoms with Crippen molar-refractivity contribution in [2.75, 3.05) is 6.54 Å². The summed E-state index contributed by atoms with van der Waals surface area (Å²) in [5.74, 6) is -0.368. The number of hydrogen-bond acceptors (Lipinski definition) is 2. The van der Waals surface area contributed by atoms with Crippen molar-refractivity contribution in [1.82, 2.24) is 9.47 Å². The van der Waals surface area contributed by atoms with Gasteiger partial charge in [0.1, 0.15) is 0 Å². The minimum atomic E-state index is -0.351. The van der Waals surface area contributed by atoms with Gasteiger partial charge < -0.3 is 15.2 Å². The third-order valence-electron chi connectivity index (χ3n) is 5.68. The molecule has 3 aromatic rings. The van der Waals surface area contributed by atoms with Gasteiger partial charge >= 0.3 is 0 Å². The lowest BCUT2D eigenvalue weighted by Crippen LogP contribution is -2.45. The fourth-order valence-electron chi connectivity index (χ4n) is 4.14. The van der Waals surface area contributed by atoms with Crippen molar-refractivity contribution in [3.8, 4) is 11.1 Å². The quantitative estimate of drug-likeness (QED) is 0.755. The van der Waals surface area contributed by atoms with Crippen LogP contribution in [-0.4, -0.2) is 33.9 Å². The summed E-state index contributed by atoms with van der Waals surface area (Å²) >= 11 is 0. The van der Waals surface area contributed by atoms with E-state index in [1.54, 1.807) is 0 Å². The van der Waals surface area contributed by atoms with Crippen LogP contribution in [0.3, 0.4) is 0 Å². The number of fused-ring (bicyclic) bond motifs is 1. The standard InChI is InChI=1S/C23H25N3O2/c1-25-13-11-19-14-18(9-10-21(19)25)16-5-7-17(8-6-16)23(28)26-12-3-2-4-20(26)15-22(24)27/h5-11,13-14,20H,2-4,12,15H2,1H3,(H2,24,27)/t20-/m0/s1. The van der Waals surface area contributed by atoms with Crippen LogP contribution in [0.15, 0.2) is 54.7 Å². The Kier molecular flexibility index (Phi) is 4.90. The Morgan fingerprint density at radius 1 is 1.04 bits per heavy atom. The van der Waals surface area contributed by atoms with Crippen LogP contribution in [0.1, 0.15) is 36.0 Å². The van der Waals surface area contributed by atoms with Crippen molar-refractivity contribution in [1.29, 1.82) is 0 Å². The molecule has 2 heterocycles. The maximum absolute atomic E-state index is 13.0. The number of primary amides is 1. The maximum Gasteiger partial charge on any atom is 0.254 e. The molecular formula is C23H25N3O2. The number of carbonyl (C=O) groups is 2. The van der Waals surface area contributed by atoms with E-state index in [1.165, 1.54) is 10.9 Å². The van der Waals surface area contributed by atoms with Crippen LogP contribution in [0.25, 0.3) is 22.0 Å². The Morgan fingerprint density at radius 2 is 1.79 bits per heavy atom. The second-order valence-electron chi connectivity index (χ2n) is 7.60. The van der Waals surface area contributed by atoms with E-state index >= 15 is 0 Å². The highest BCUT2D eigenvalue weighted by Gasteiger charge is 2.28. The Labute approximate surface area is 164 Å². The molecule has 0 saturated carbocycles. The first-order chi connectivity index (χ1) is 13.5. The molecule has 5 nitrogen and oxygen atoms in total. The van der Waals surface area contributed by atoms with Crippen LogP contribution >= 0.6 is 0 Å². The van der Waals surface area contributed by atoms with Crippen LogP contribution < -0.4 is 5.73 Å². The summed E-state index contributed by atoms with van der Waals surface area (Å²) in [7, 11) is 2.04. The predicted molar refractivity (Wildman–Crippen MR) is 111 cm³/mol. The normalized spacial score (nSPS) is 17.0. The van der Waals surface area contributed by atoms with Gasteiger partial charge in [0.05, 0.1) is 0 Å². The Morgan fingerprint density at radius 3 is 2.54 bits per heavy atom. The fourth-order valence-corrected chi connectivity index (χ4v) is 4.14. The van der Waals surface area contributed by atoms with Gasteiger partial charge in [-0.1, -0.05) is 18.2 Å². The van der Waals surface area contributed by atoms with Crippen LogP contribution in [-0.2, 0) is 11.8 Å². The van der Waals surface area contributed by atoms with Crippen LogP contribution in [0.4, 0.5) is 0 Å². The molecule has 0 radical (unpaired) electrons. The summed E-state index contributed by atoms with van der Waals surface area (Å²) in [6.07, 6.45) is 5.13. The van der Waals surface area contributed by atoms with Gasteiger partial charge in [-0.25, -0.2) is 0 Å². The smallest absolute Gasteiger partial charge is 0.254 e. The molecule has 5 heteroatoms. The van der Waals surface area contributed by atoms with E-state index in [1.807, 2.05) is 36.2 Å². The average Bonchev–Trinajstić information content (AvgIpc) is 3.08. The van der Waals surface area contributed by atoms with E-state index < -0.39 is 0 Å². The van der Waals surface area contributed by atoms with Crippen molar-refractivity contribution in [3.63, 3.8) is 0 Å². The Bertz CT molecular complexity index is 1020. The van der Waals surface area contributed by atoms with Gasteiger partial charge in [-0.2, -0.15) is 0 Å². The number of aryl methyl sites for hydroxylation is 1. The summed E-state index contributed by atoms with van der Waals surface area (Å²) in [5, 5.41) is 1.20. The summed E-state index contributed by atoms with van der Waals surface area (Å²) in [6, 6.07) is 16.1. The van der Waals surface area contributed by atoms with Gasteiger partial charge in [0, 0.05) is 48.7 Å². The van der Waals surface area contributed by atoms with Crippen LogP contribution in [0.2, 0.25) is 0 Å². The largest absolute Gasteiger partial charge is 0.370 e. The van der Waals surface area contributed by atoms with Crippen molar-refractivity contribution < 1.29 is 9.59 Å². The Balaban J connectivity index is 1.56. The molecule has 1 fully saturated rings. The number of likely N-dealkylation sites (tertiary alicyclic amines) is 1. The molecule has 0 spiro atoms. The van der Waals surface area contributed by atoms with Gasteiger partial charge in [0.2, 0.25) is 5.91 Å². The number of piperidine rings is 1. The molecule has 2 N–H and O–H groups in total. The van der Waals surface area contributed by atoms with Gasteiger partial charge in [-0.05, 0) is 60.7 Å². The summed E-state index contributed by atoms with van der Waals surface area (Å²) in [5.41, 5.74) is 9.43. The highest BCUT2D eigenvalue weighted by atomic mass is 16.2. The van der Waals surface area contributed by atoms with Crippen molar-refractivity contribution >= 4 is 22.7 Å². The monoisotopic (exact) mass is 375 g/mol. The number of nitrogens with two attached hydrogens (primary N) is 1. The lowest BCUT2D eigenvalue weighted by atomic mass is 9.97. The van der Waals surface area contributed by atoms with Gasteiger partial charge in [0.15, 0.2) is 0 Å². The fraction of sp³-hybridized carbons (Fsp3) is 0.304. The SMILES string of the molecule is Cn1ccc2cc(-c3ccc(C(=O)N4CCCC[C@H]4CC(N)=O)cc3)ccc21. The van der Waals surface area contributed by atoms with Crippen LogP contribution in [0.5, 0.6) is 0 Å². The molecule has 0 unspecified atom stereocenters. The number of benzene rings is 2. The minimum absolute atomic E-state index is 0.0176. The maximum atomic E-state index is 13.0. The molecule has 1 saturated heterocycles. The lowest BCUT2D eigenvalue weighted by molar-refractivity contribution is -0.119. The van der Waals surface area contributed by atoms with E-state index in [-0.39, 0.29) is 24.3 Å². The zero-order valence-corrected chi connectivity index (χ0v) is 16.1. The molecule has 144 valence electrons. The number of aromatic nitrogens is 1. The summed E-state index contributed by atoms with van der Waals surface area (Å²) in [4.78, 5) is 26.2. The third kappa shape index (κ3) is 3.52. The molecule has 2 amide bonds. The number of hydrogen-bond donors (Lipinski definition) is 1. The molecule has 0 aliphatic carbocycles. The third-order valence-corrected chi connectivity index (χ3v) is 5.68. The van der Waals surface area contributed by atoms with Crippen molar-refractivity contribution in [2.24, 2.45) is 12.8 Å².